The number of thiophene rings is 1. The third-order valence-corrected chi connectivity index (χ3v) is 7.24. The predicted molar refractivity (Wildman–Crippen MR) is 52.5 cm³/mol. The maximum atomic E-state index is 2.41. The maximum absolute atomic E-state index is 2.41. The minimum atomic E-state index is 0.373. The molecule has 0 N–H and O–H groups in total. The summed E-state index contributed by atoms with van der Waals surface area (Å²) in [5.41, 5.74) is 0. The van der Waals surface area contributed by atoms with Gasteiger partial charge in [0.05, 0.1) is 0 Å². The summed E-state index contributed by atoms with van der Waals surface area (Å²) >= 11 is 4.30. The molecule has 0 aromatic carbocycles. The van der Waals surface area contributed by atoms with Gasteiger partial charge in [-0.05, 0) is 0 Å². The van der Waals surface area contributed by atoms with Crippen molar-refractivity contribution in [2.45, 2.75) is 0 Å². The fourth-order valence-electron chi connectivity index (χ4n) is 1.34. The van der Waals surface area contributed by atoms with E-state index in [2.05, 4.69) is 17.5 Å². The van der Waals surface area contributed by atoms with Gasteiger partial charge in [0.25, 0.3) is 0 Å². The second kappa shape index (κ2) is 2.35. The molecule has 0 radical (unpaired) electrons. The molecular formula is C8H5AsS2. The van der Waals surface area contributed by atoms with Crippen LogP contribution in [0.4, 0.5) is 0 Å². The zero-order chi connectivity index (χ0) is 7.26. The van der Waals surface area contributed by atoms with Crippen LogP contribution in [0.25, 0.3) is 4.91 Å². The fraction of sp³-hybridized carbons (Fsp3) is 0.125. The summed E-state index contributed by atoms with van der Waals surface area (Å²) in [4.78, 5) is 1.61. The Hall–Kier alpha value is 0.218. The van der Waals surface area contributed by atoms with E-state index in [9.17, 15) is 0 Å². The molecule has 1 aromatic heterocycles. The number of hydrogen-bond acceptors (Lipinski definition) is 2. The van der Waals surface area contributed by atoms with E-state index in [-0.39, 0.29) is 0 Å². The van der Waals surface area contributed by atoms with Crippen molar-refractivity contribution in [2.24, 2.45) is 0 Å². The molecule has 0 unspecified atom stereocenters. The van der Waals surface area contributed by atoms with Crippen molar-refractivity contribution in [3.05, 3.63) is 30.4 Å². The van der Waals surface area contributed by atoms with Gasteiger partial charge in [0.15, 0.2) is 0 Å². The third-order valence-electron chi connectivity index (χ3n) is 1.83. The summed E-state index contributed by atoms with van der Waals surface area (Å²) < 4.78 is 4.89. The summed E-state index contributed by atoms with van der Waals surface area (Å²) in [6, 6.07) is 2.30. The van der Waals surface area contributed by atoms with Crippen LogP contribution in [-0.4, -0.2) is 21.1 Å². The molecule has 54 valence electrons. The molecule has 0 aliphatic carbocycles. The van der Waals surface area contributed by atoms with Gasteiger partial charge in [-0.15, -0.1) is 0 Å². The molecule has 2 aliphatic heterocycles. The van der Waals surface area contributed by atoms with Crippen LogP contribution in [0.5, 0.6) is 0 Å². The second-order valence-corrected chi connectivity index (χ2v) is 6.91. The number of rotatable bonds is 0. The monoisotopic (exact) mass is 240 g/mol. The number of hydrogen-bond donors (Lipinski definition) is 0. The quantitative estimate of drug-likeness (QED) is 0.619. The van der Waals surface area contributed by atoms with Crippen LogP contribution >= 0.6 is 23.1 Å². The standard InChI is InChI=1S/C8H5AsS2/c1-3-10-7-5(1)9-6-2-4-11-8(6)7/h1-3H,4H2. The van der Waals surface area contributed by atoms with Gasteiger partial charge in [0.1, 0.15) is 0 Å². The molecule has 0 amide bonds. The van der Waals surface area contributed by atoms with E-state index in [1.54, 1.807) is 17.7 Å². The van der Waals surface area contributed by atoms with Crippen molar-refractivity contribution in [3.8, 4) is 0 Å². The van der Waals surface area contributed by atoms with Crippen LogP contribution < -0.4 is 4.53 Å². The van der Waals surface area contributed by atoms with Crippen LogP contribution in [0.1, 0.15) is 0 Å². The van der Waals surface area contributed by atoms with Crippen molar-refractivity contribution in [1.29, 1.82) is 0 Å². The van der Waals surface area contributed by atoms with E-state index in [1.165, 1.54) is 5.75 Å². The normalized spacial score (nSPS) is 20.7. The summed E-state index contributed by atoms with van der Waals surface area (Å²) in [5, 5.41) is 2.23. The zero-order valence-corrected chi connectivity index (χ0v) is 9.21. The molecule has 2 aliphatic rings. The molecular weight excluding hydrogens is 235 g/mol. The minimum absolute atomic E-state index is 0.373. The van der Waals surface area contributed by atoms with Crippen molar-refractivity contribution < 1.29 is 0 Å². The molecule has 0 bridgehead atoms. The van der Waals surface area contributed by atoms with Crippen LogP contribution in [-0.2, 0) is 0 Å². The number of fused-ring (bicyclic) bond motifs is 2. The molecule has 3 heterocycles. The summed E-state index contributed by atoms with van der Waals surface area (Å²) in [6.07, 6.45) is 2.41. The summed E-state index contributed by atoms with van der Waals surface area (Å²) in [7, 11) is 0. The van der Waals surface area contributed by atoms with Crippen LogP contribution in [0.3, 0.4) is 0 Å². The first-order valence-electron chi connectivity index (χ1n) is 3.45. The zero-order valence-electron chi connectivity index (χ0n) is 5.70. The summed E-state index contributed by atoms with van der Waals surface area (Å²) in [5.74, 6) is 1.22. The van der Waals surface area contributed by atoms with E-state index in [4.69, 9.17) is 0 Å². The first kappa shape index (κ1) is 6.70. The van der Waals surface area contributed by atoms with E-state index in [0.29, 0.717) is 15.3 Å². The van der Waals surface area contributed by atoms with Gasteiger partial charge in [-0.2, -0.15) is 0 Å². The van der Waals surface area contributed by atoms with Gasteiger partial charge in [0, 0.05) is 0 Å². The van der Waals surface area contributed by atoms with Crippen molar-refractivity contribution in [3.63, 3.8) is 0 Å². The molecule has 0 saturated carbocycles. The molecule has 3 rings (SSSR count). The third kappa shape index (κ3) is 0.867. The topological polar surface area (TPSA) is 0 Å². The average Bonchev–Trinajstić information content (AvgIpc) is 2.52. The molecule has 0 saturated heterocycles. The Balaban J connectivity index is 2.55. The van der Waals surface area contributed by atoms with E-state index >= 15 is 0 Å². The Morgan fingerprint density at radius 2 is 2.45 bits per heavy atom. The predicted octanol–water partition coefficient (Wildman–Crippen LogP) is 1.46. The first-order chi connectivity index (χ1) is 5.45. The van der Waals surface area contributed by atoms with Crippen molar-refractivity contribution in [1.82, 2.24) is 0 Å². The van der Waals surface area contributed by atoms with Gasteiger partial charge >= 0.3 is 79.4 Å². The Bertz CT molecular complexity index is 453. The number of thioether (sulfide) groups is 1. The molecule has 3 heteroatoms. The Morgan fingerprint density at radius 3 is 3.45 bits per heavy atom. The molecule has 0 fully saturated rings. The van der Waals surface area contributed by atoms with Crippen molar-refractivity contribution in [2.75, 3.05) is 5.75 Å². The molecule has 0 atom stereocenters. The van der Waals surface area contributed by atoms with Gasteiger partial charge < -0.3 is 0 Å². The molecule has 0 spiro atoms. The molecule has 0 nitrogen and oxygen atoms in total. The Kier molecular flexibility index (Phi) is 1.43. The Morgan fingerprint density at radius 1 is 1.45 bits per heavy atom. The van der Waals surface area contributed by atoms with Gasteiger partial charge in [-0.25, -0.2) is 0 Å². The summed E-state index contributed by atoms with van der Waals surface area (Å²) in [6.45, 7) is 0. The van der Waals surface area contributed by atoms with E-state index in [0.717, 1.165) is 0 Å². The Labute approximate surface area is 79.2 Å². The van der Waals surface area contributed by atoms with Gasteiger partial charge in [0.2, 0.25) is 0 Å². The fourth-order valence-corrected chi connectivity index (χ4v) is 7.46. The SMILES string of the molecule is C1=C2[As]=c3ccsc3=C2SC1. The molecule has 1 aromatic rings. The van der Waals surface area contributed by atoms with Crippen LogP contribution in [0.2, 0.25) is 0 Å². The van der Waals surface area contributed by atoms with E-state index < -0.39 is 0 Å². The van der Waals surface area contributed by atoms with E-state index in [1.807, 2.05) is 23.1 Å². The van der Waals surface area contributed by atoms with Crippen LogP contribution in [0.15, 0.2) is 21.9 Å². The molecule has 11 heavy (non-hydrogen) atoms. The second-order valence-electron chi connectivity index (χ2n) is 2.48. The van der Waals surface area contributed by atoms with Gasteiger partial charge in [-0.3, -0.25) is 0 Å². The van der Waals surface area contributed by atoms with Crippen LogP contribution in [0, 0.1) is 3.95 Å². The first-order valence-corrected chi connectivity index (χ1v) is 7.19. The average molecular weight is 240 g/mol. The van der Waals surface area contributed by atoms with Gasteiger partial charge in [-0.1, -0.05) is 0 Å². The van der Waals surface area contributed by atoms with Crippen molar-refractivity contribution >= 4 is 43.3 Å².